The second-order valence-electron chi connectivity index (χ2n) is 4.21. The van der Waals surface area contributed by atoms with Crippen molar-refractivity contribution in [2.75, 3.05) is 5.32 Å². The van der Waals surface area contributed by atoms with Crippen LogP contribution in [0.5, 0.6) is 0 Å². The first-order chi connectivity index (χ1) is 7.93. The number of aryl methyl sites for hydroxylation is 1. The minimum Gasteiger partial charge on any atom is -0.478 e. The van der Waals surface area contributed by atoms with Crippen LogP contribution in [-0.4, -0.2) is 16.1 Å². The first-order valence-electron chi connectivity index (χ1n) is 5.59. The Balaban J connectivity index is 3.03. The van der Waals surface area contributed by atoms with E-state index in [9.17, 15) is 4.79 Å². The number of hydrogen-bond acceptors (Lipinski definition) is 3. The van der Waals surface area contributed by atoms with E-state index in [-0.39, 0.29) is 5.56 Å². The number of nitrogens with one attached hydrogen (secondary N) is 1. The van der Waals surface area contributed by atoms with E-state index in [1.54, 1.807) is 19.1 Å². The Bertz CT molecular complexity index is 451. The molecule has 0 atom stereocenters. The molecule has 17 heavy (non-hydrogen) atoms. The largest absolute Gasteiger partial charge is 0.478 e. The van der Waals surface area contributed by atoms with Crippen molar-refractivity contribution < 1.29 is 9.90 Å². The van der Waals surface area contributed by atoms with Gasteiger partial charge in [0.1, 0.15) is 5.82 Å². The van der Waals surface area contributed by atoms with Crippen molar-refractivity contribution in [3.8, 4) is 0 Å². The summed E-state index contributed by atoms with van der Waals surface area (Å²) in [5, 5.41) is 12.1. The van der Waals surface area contributed by atoms with E-state index >= 15 is 0 Å². The molecule has 0 radical (unpaired) electrons. The average molecular weight is 234 g/mol. The number of pyridine rings is 1. The summed E-state index contributed by atoms with van der Waals surface area (Å²) in [6, 6.07) is 3.10. The summed E-state index contributed by atoms with van der Waals surface area (Å²) < 4.78 is 0. The molecule has 0 fully saturated rings. The smallest absolute Gasteiger partial charge is 0.335 e. The first-order valence-corrected chi connectivity index (χ1v) is 5.59. The van der Waals surface area contributed by atoms with Gasteiger partial charge in [-0.1, -0.05) is 19.9 Å². The molecule has 0 spiro atoms. The zero-order valence-corrected chi connectivity index (χ0v) is 10.6. The number of carboxylic acid groups (broad SMARTS) is 1. The fourth-order valence-corrected chi connectivity index (χ4v) is 1.55. The third-order valence-corrected chi connectivity index (χ3v) is 2.41. The molecular weight excluding hydrogens is 216 g/mol. The molecule has 4 heteroatoms. The topological polar surface area (TPSA) is 62.2 Å². The summed E-state index contributed by atoms with van der Waals surface area (Å²) in [6.07, 6.45) is 1.97. The van der Waals surface area contributed by atoms with Crippen LogP contribution >= 0.6 is 0 Å². The van der Waals surface area contributed by atoms with Crippen LogP contribution in [0.1, 0.15) is 36.8 Å². The van der Waals surface area contributed by atoms with Crippen LogP contribution in [-0.2, 0) is 0 Å². The van der Waals surface area contributed by atoms with E-state index in [1.807, 2.05) is 13.0 Å². The molecule has 0 amide bonds. The van der Waals surface area contributed by atoms with E-state index in [2.05, 4.69) is 24.1 Å². The normalized spacial score (nSPS) is 11.7. The predicted molar refractivity (Wildman–Crippen MR) is 68.2 cm³/mol. The van der Waals surface area contributed by atoms with Crippen molar-refractivity contribution >= 4 is 11.8 Å². The molecule has 0 saturated carbocycles. The molecule has 0 aliphatic rings. The average Bonchev–Trinajstić information content (AvgIpc) is 2.24. The number of anilines is 1. The predicted octanol–water partition coefficient (Wildman–Crippen LogP) is 3.06. The van der Waals surface area contributed by atoms with Gasteiger partial charge in [0.2, 0.25) is 0 Å². The number of carboxylic acids is 1. The minimum atomic E-state index is -0.940. The van der Waals surface area contributed by atoms with Crippen LogP contribution in [0, 0.1) is 12.8 Å². The molecule has 0 aromatic carbocycles. The highest BCUT2D eigenvalue weighted by Gasteiger charge is 2.08. The fourth-order valence-electron chi connectivity index (χ4n) is 1.55. The molecule has 1 heterocycles. The lowest BCUT2D eigenvalue weighted by atomic mass is 10.1. The van der Waals surface area contributed by atoms with Crippen LogP contribution in [0.4, 0.5) is 5.82 Å². The van der Waals surface area contributed by atoms with Gasteiger partial charge in [0.15, 0.2) is 0 Å². The molecule has 1 aromatic rings. The quantitative estimate of drug-likeness (QED) is 0.840. The number of rotatable bonds is 4. The highest BCUT2D eigenvalue weighted by Crippen LogP contribution is 2.16. The van der Waals surface area contributed by atoms with E-state index in [1.165, 1.54) is 0 Å². The molecule has 0 unspecified atom stereocenters. The monoisotopic (exact) mass is 234 g/mol. The summed E-state index contributed by atoms with van der Waals surface area (Å²) in [6.45, 7) is 7.85. The van der Waals surface area contributed by atoms with Crippen molar-refractivity contribution in [2.45, 2.75) is 27.7 Å². The van der Waals surface area contributed by atoms with Crippen molar-refractivity contribution in [3.63, 3.8) is 0 Å². The lowest BCUT2D eigenvalue weighted by Gasteiger charge is -2.14. The van der Waals surface area contributed by atoms with E-state index in [4.69, 9.17) is 5.11 Å². The molecule has 0 aliphatic carbocycles. The Hall–Kier alpha value is -1.84. The second-order valence-corrected chi connectivity index (χ2v) is 4.21. The second kappa shape index (κ2) is 5.48. The molecule has 1 aromatic heterocycles. The number of nitrogens with zero attached hydrogens (tertiary/aromatic N) is 1. The maximum absolute atomic E-state index is 10.9. The highest BCUT2D eigenvalue weighted by molar-refractivity contribution is 5.88. The fraction of sp³-hybridized carbons (Fsp3) is 0.385. The number of aromatic carboxylic acids is 1. The minimum absolute atomic E-state index is 0.249. The molecule has 0 bridgehead atoms. The van der Waals surface area contributed by atoms with Gasteiger partial charge in [0.25, 0.3) is 0 Å². The standard InChI is InChI=1S/C13H18N2O2/c1-5-11(8(2)3)15-12-7-10(13(16)17)6-9(4)14-12/h5-8H,1-4H3,(H,14,15)(H,16,17). The summed E-state index contributed by atoms with van der Waals surface area (Å²) in [5.41, 5.74) is 1.96. The summed E-state index contributed by atoms with van der Waals surface area (Å²) in [7, 11) is 0. The van der Waals surface area contributed by atoms with Crippen molar-refractivity contribution in [1.29, 1.82) is 0 Å². The Morgan fingerprint density at radius 2 is 2.12 bits per heavy atom. The van der Waals surface area contributed by atoms with Crippen LogP contribution in [0.2, 0.25) is 0 Å². The number of carbonyl (C=O) groups is 1. The van der Waals surface area contributed by atoms with Gasteiger partial charge in [0, 0.05) is 11.4 Å². The zero-order valence-electron chi connectivity index (χ0n) is 10.6. The Morgan fingerprint density at radius 3 is 2.59 bits per heavy atom. The third-order valence-electron chi connectivity index (χ3n) is 2.41. The van der Waals surface area contributed by atoms with Gasteiger partial charge in [0.05, 0.1) is 5.56 Å². The molecule has 0 aliphatic heterocycles. The van der Waals surface area contributed by atoms with Crippen molar-refractivity contribution in [1.82, 2.24) is 4.98 Å². The molecule has 0 saturated heterocycles. The van der Waals surface area contributed by atoms with E-state index in [0.29, 0.717) is 17.4 Å². The Labute approximate surface area is 101 Å². The van der Waals surface area contributed by atoms with Crippen LogP contribution in [0.3, 0.4) is 0 Å². The lowest BCUT2D eigenvalue weighted by Crippen LogP contribution is -2.09. The SMILES string of the molecule is CC=C(Nc1cc(C(=O)O)cc(C)n1)C(C)C. The van der Waals surface area contributed by atoms with Crippen molar-refractivity contribution in [2.24, 2.45) is 5.92 Å². The van der Waals surface area contributed by atoms with Gasteiger partial charge in [-0.15, -0.1) is 0 Å². The number of allylic oxidation sites excluding steroid dienone is 2. The van der Waals surface area contributed by atoms with Gasteiger partial charge in [-0.25, -0.2) is 9.78 Å². The maximum Gasteiger partial charge on any atom is 0.335 e. The van der Waals surface area contributed by atoms with Gasteiger partial charge in [-0.05, 0) is 31.9 Å². The maximum atomic E-state index is 10.9. The zero-order chi connectivity index (χ0) is 13.0. The molecule has 2 N–H and O–H groups in total. The molecule has 4 nitrogen and oxygen atoms in total. The van der Waals surface area contributed by atoms with Gasteiger partial charge in [-0.3, -0.25) is 0 Å². The molecule has 92 valence electrons. The van der Waals surface area contributed by atoms with E-state index in [0.717, 1.165) is 5.70 Å². The summed E-state index contributed by atoms with van der Waals surface area (Å²) >= 11 is 0. The van der Waals surface area contributed by atoms with Crippen molar-refractivity contribution in [3.05, 3.63) is 35.2 Å². The highest BCUT2D eigenvalue weighted by atomic mass is 16.4. The molecule has 1 rings (SSSR count). The lowest BCUT2D eigenvalue weighted by molar-refractivity contribution is 0.0696. The summed E-state index contributed by atoms with van der Waals surface area (Å²) in [5.74, 6) is -0.0232. The van der Waals surface area contributed by atoms with E-state index < -0.39 is 5.97 Å². The van der Waals surface area contributed by atoms with Gasteiger partial charge >= 0.3 is 5.97 Å². The van der Waals surface area contributed by atoms with Crippen LogP contribution < -0.4 is 5.32 Å². The third kappa shape index (κ3) is 3.59. The van der Waals surface area contributed by atoms with Crippen LogP contribution in [0.25, 0.3) is 0 Å². The van der Waals surface area contributed by atoms with Gasteiger partial charge in [-0.2, -0.15) is 0 Å². The summed E-state index contributed by atoms with van der Waals surface area (Å²) in [4.78, 5) is 15.2. The Morgan fingerprint density at radius 1 is 1.47 bits per heavy atom. The van der Waals surface area contributed by atoms with Crippen LogP contribution in [0.15, 0.2) is 23.9 Å². The first kappa shape index (κ1) is 13.2. The number of aromatic nitrogens is 1. The number of hydrogen-bond donors (Lipinski definition) is 2. The van der Waals surface area contributed by atoms with Gasteiger partial charge < -0.3 is 10.4 Å². The molecular formula is C13H18N2O2. The Kier molecular flexibility index (Phi) is 4.26.